The minimum atomic E-state index is -0.205. The van der Waals surface area contributed by atoms with Crippen LogP contribution in [0, 0.1) is 0 Å². The molecular weight excluding hydrogens is 484 g/mol. The first-order valence-corrected chi connectivity index (χ1v) is 11.9. The molecule has 182 valence electrons. The number of aromatic nitrogens is 4. The number of H-pyrrole nitrogens is 1. The third kappa shape index (κ3) is 5.58. The predicted octanol–water partition coefficient (Wildman–Crippen LogP) is 6.63. The van der Waals surface area contributed by atoms with Crippen molar-refractivity contribution in [2.24, 2.45) is 0 Å². The monoisotopic (exact) mass is 506 g/mol. The third-order valence-corrected chi connectivity index (χ3v) is 5.99. The summed E-state index contributed by atoms with van der Waals surface area (Å²) in [6, 6.07) is 18.7. The summed E-state index contributed by atoms with van der Waals surface area (Å²) in [6.07, 6.45) is 7.29. The van der Waals surface area contributed by atoms with Crippen molar-refractivity contribution in [1.29, 1.82) is 0 Å². The largest absolute Gasteiger partial charge is 0.356 e. The lowest BCUT2D eigenvalue weighted by Crippen LogP contribution is -2.12. The number of hydrogen-bond acceptors (Lipinski definition) is 5. The molecule has 3 N–H and O–H groups in total. The summed E-state index contributed by atoms with van der Waals surface area (Å²) in [4.78, 5) is 29.4. The van der Waals surface area contributed by atoms with E-state index in [-0.39, 0.29) is 5.91 Å². The van der Waals surface area contributed by atoms with E-state index in [0.29, 0.717) is 39.9 Å². The molecule has 8 heteroatoms. The number of nitrogens with zero attached hydrogens (tertiary/aromatic N) is 3. The SMILES string of the molecule is C=CC(=C)Nc1ccc(C(=O)Nc2cccc(Cc3ncc(Cl)c(-c4cnc5[nH]ccc5c4)n3)c2)cc1. The number of pyridine rings is 1. The van der Waals surface area contributed by atoms with Crippen molar-refractivity contribution in [1.82, 2.24) is 19.9 Å². The van der Waals surface area contributed by atoms with Gasteiger partial charge in [0.05, 0.1) is 10.7 Å². The first kappa shape index (κ1) is 24.0. The number of nitrogens with one attached hydrogen (secondary N) is 3. The van der Waals surface area contributed by atoms with Crippen LogP contribution < -0.4 is 10.6 Å². The number of hydrogen-bond donors (Lipinski definition) is 3. The van der Waals surface area contributed by atoms with E-state index in [4.69, 9.17) is 16.6 Å². The van der Waals surface area contributed by atoms with Gasteiger partial charge in [-0.05, 0) is 60.2 Å². The van der Waals surface area contributed by atoms with Gasteiger partial charge in [0.15, 0.2) is 0 Å². The Kier molecular flexibility index (Phi) is 6.78. The number of allylic oxidation sites excluding steroid dienone is 1. The van der Waals surface area contributed by atoms with Crippen molar-refractivity contribution in [3.05, 3.63) is 126 Å². The molecule has 0 unspecified atom stereocenters. The van der Waals surface area contributed by atoms with E-state index in [2.05, 4.69) is 38.7 Å². The summed E-state index contributed by atoms with van der Waals surface area (Å²) in [5.74, 6) is 0.408. The molecule has 0 atom stereocenters. The van der Waals surface area contributed by atoms with E-state index in [1.807, 2.05) is 54.7 Å². The number of rotatable bonds is 8. The molecule has 0 aliphatic carbocycles. The fraction of sp³-hybridized carbons (Fsp3) is 0.0345. The van der Waals surface area contributed by atoms with Gasteiger partial charge in [0, 0.05) is 58.6 Å². The summed E-state index contributed by atoms with van der Waals surface area (Å²) >= 11 is 6.42. The topological polar surface area (TPSA) is 95.6 Å². The Hall–Kier alpha value is -4.75. The Morgan fingerprint density at radius 3 is 2.65 bits per heavy atom. The molecule has 0 radical (unpaired) electrons. The van der Waals surface area contributed by atoms with E-state index in [9.17, 15) is 4.79 Å². The van der Waals surface area contributed by atoms with Crippen LogP contribution in [0.25, 0.3) is 22.3 Å². The second-order valence-electron chi connectivity index (χ2n) is 8.39. The number of amides is 1. The van der Waals surface area contributed by atoms with Gasteiger partial charge in [-0.15, -0.1) is 0 Å². The standard InChI is InChI=1S/C29H23ClN6O/c1-3-18(2)34-23-9-7-20(8-10-23)29(37)35-24-6-4-5-19(13-24)14-26-32-17-25(30)27(36-26)22-15-21-11-12-31-28(21)33-16-22/h3-13,15-17,34H,1-2,14H2,(H,31,33)(H,35,37). The summed E-state index contributed by atoms with van der Waals surface area (Å²) in [5, 5.41) is 7.48. The molecule has 0 bridgehead atoms. The van der Waals surface area contributed by atoms with Crippen LogP contribution in [0.3, 0.4) is 0 Å². The Morgan fingerprint density at radius 2 is 1.84 bits per heavy atom. The number of anilines is 2. The van der Waals surface area contributed by atoms with Crippen LogP contribution >= 0.6 is 11.6 Å². The summed E-state index contributed by atoms with van der Waals surface area (Å²) in [6.45, 7) is 7.49. The van der Waals surface area contributed by atoms with E-state index in [1.165, 1.54) is 0 Å². The normalized spacial score (nSPS) is 10.7. The van der Waals surface area contributed by atoms with Crippen LogP contribution in [0.2, 0.25) is 5.02 Å². The highest BCUT2D eigenvalue weighted by atomic mass is 35.5. The molecule has 37 heavy (non-hydrogen) atoms. The number of carbonyl (C=O) groups excluding carboxylic acids is 1. The lowest BCUT2D eigenvalue weighted by molar-refractivity contribution is 0.102. The highest BCUT2D eigenvalue weighted by Crippen LogP contribution is 2.27. The van der Waals surface area contributed by atoms with Gasteiger partial charge in [-0.3, -0.25) is 4.79 Å². The molecule has 3 aromatic heterocycles. The number of fused-ring (bicyclic) bond motifs is 1. The quantitative estimate of drug-likeness (QED) is 0.205. The van der Waals surface area contributed by atoms with Crippen molar-refractivity contribution < 1.29 is 4.79 Å². The van der Waals surface area contributed by atoms with Crippen LogP contribution in [-0.2, 0) is 6.42 Å². The van der Waals surface area contributed by atoms with E-state index < -0.39 is 0 Å². The summed E-state index contributed by atoms with van der Waals surface area (Å²) < 4.78 is 0. The Balaban J connectivity index is 1.30. The van der Waals surface area contributed by atoms with Crippen LogP contribution in [0.5, 0.6) is 0 Å². The lowest BCUT2D eigenvalue weighted by atomic mass is 10.1. The number of carbonyl (C=O) groups is 1. The van der Waals surface area contributed by atoms with Crippen molar-refractivity contribution >= 4 is 39.9 Å². The second kappa shape index (κ2) is 10.5. The van der Waals surface area contributed by atoms with E-state index in [1.54, 1.807) is 30.6 Å². The van der Waals surface area contributed by atoms with Gasteiger partial charge in [-0.2, -0.15) is 0 Å². The average molecular weight is 507 g/mol. The van der Waals surface area contributed by atoms with Crippen molar-refractivity contribution in [3.8, 4) is 11.3 Å². The molecule has 0 spiro atoms. The maximum absolute atomic E-state index is 12.8. The predicted molar refractivity (Wildman–Crippen MR) is 149 cm³/mol. The van der Waals surface area contributed by atoms with Crippen LogP contribution in [-0.4, -0.2) is 25.8 Å². The molecule has 0 fully saturated rings. The number of halogens is 1. The number of aromatic amines is 1. The molecule has 5 rings (SSSR count). The maximum atomic E-state index is 12.8. The van der Waals surface area contributed by atoms with Crippen molar-refractivity contribution in [3.63, 3.8) is 0 Å². The molecule has 0 aliphatic heterocycles. The second-order valence-corrected chi connectivity index (χ2v) is 8.79. The van der Waals surface area contributed by atoms with Crippen molar-refractivity contribution in [2.45, 2.75) is 6.42 Å². The molecule has 0 aliphatic rings. The Bertz CT molecular complexity index is 1620. The zero-order valence-electron chi connectivity index (χ0n) is 19.8. The average Bonchev–Trinajstić information content (AvgIpc) is 3.38. The smallest absolute Gasteiger partial charge is 0.255 e. The zero-order valence-corrected chi connectivity index (χ0v) is 20.6. The van der Waals surface area contributed by atoms with Crippen LogP contribution in [0.4, 0.5) is 11.4 Å². The van der Waals surface area contributed by atoms with Gasteiger partial charge >= 0.3 is 0 Å². The Labute approximate surface area is 219 Å². The highest BCUT2D eigenvalue weighted by Gasteiger charge is 2.12. The number of benzene rings is 2. The van der Waals surface area contributed by atoms with Crippen LogP contribution in [0.15, 0.2) is 104 Å². The molecule has 2 aromatic carbocycles. The zero-order chi connectivity index (χ0) is 25.8. The lowest BCUT2D eigenvalue weighted by Gasteiger charge is -2.10. The van der Waals surface area contributed by atoms with E-state index >= 15 is 0 Å². The van der Waals surface area contributed by atoms with Gasteiger partial charge in [0.25, 0.3) is 5.91 Å². The molecule has 1 amide bonds. The molecule has 7 nitrogen and oxygen atoms in total. The molecule has 3 heterocycles. The highest BCUT2D eigenvalue weighted by molar-refractivity contribution is 6.32. The van der Waals surface area contributed by atoms with Gasteiger partial charge < -0.3 is 15.6 Å². The molecule has 0 saturated heterocycles. The third-order valence-electron chi connectivity index (χ3n) is 5.71. The first-order chi connectivity index (χ1) is 18.0. The molecule has 5 aromatic rings. The van der Waals surface area contributed by atoms with Crippen LogP contribution in [0.1, 0.15) is 21.7 Å². The summed E-state index contributed by atoms with van der Waals surface area (Å²) in [7, 11) is 0. The van der Waals surface area contributed by atoms with Gasteiger partial charge in [-0.25, -0.2) is 15.0 Å². The van der Waals surface area contributed by atoms with Crippen molar-refractivity contribution in [2.75, 3.05) is 10.6 Å². The van der Waals surface area contributed by atoms with Gasteiger partial charge in [-0.1, -0.05) is 36.9 Å². The minimum absolute atomic E-state index is 0.205. The minimum Gasteiger partial charge on any atom is -0.356 e. The maximum Gasteiger partial charge on any atom is 0.255 e. The van der Waals surface area contributed by atoms with E-state index in [0.717, 1.165) is 27.8 Å². The summed E-state index contributed by atoms with van der Waals surface area (Å²) in [5.41, 5.74) is 5.93. The fourth-order valence-electron chi connectivity index (χ4n) is 3.85. The first-order valence-electron chi connectivity index (χ1n) is 11.5. The fourth-order valence-corrected chi connectivity index (χ4v) is 4.05. The molecular formula is C29H23ClN6O. The Morgan fingerprint density at radius 1 is 1.00 bits per heavy atom. The molecule has 0 saturated carbocycles. The van der Waals surface area contributed by atoms with Gasteiger partial charge in [0.1, 0.15) is 11.5 Å². The van der Waals surface area contributed by atoms with Gasteiger partial charge in [0.2, 0.25) is 0 Å².